The lowest BCUT2D eigenvalue weighted by molar-refractivity contribution is -0.327. The molecule has 3 saturated heterocycles. The molecule has 6 bridgehead atoms. The van der Waals surface area contributed by atoms with E-state index in [1.165, 1.54) is 13.2 Å². The predicted octanol–water partition coefficient (Wildman–Crippen LogP) is 5.27. The molecule has 0 aliphatic carbocycles. The monoisotopic (exact) mass is 764 g/mol. The molecular weight excluding hydrogens is 700 g/mol. The van der Waals surface area contributed by atoms with Crippen LogP contribution < -0.4 is 0 Å². The number of fused-ring (bicyclic) bond motifs is 6. The second-order valence-corrected chi connectivity index (χ2v) is 15.8. The standard InChI is InChI=1S/C41H64O13/c1-6-8-9-10-11-16-35(44)53-39-27(20-36(45)48-5)19-33-25-34(26-42)50-37(46)22-28(43)21-30-14-12-15-31(49-30)24-32-23-29(13-7-2)51-38(52-32)17-18-40(3,4)41(39,47)54-33/h7,17-18,20,28-34,38-39,42-43,47H,2,6,8-16,19,21-26H2,1,3-5H3/b18-17+,27-20+/t28-,29+,30+,31-,32?,33+,34?,38+,39+,41-/m1/s1. The number of cyclic esters (lactones) is 1. The fourth-order valence-electron chi connectivity index (χ4n) is 7.89. The van der Waals surface area contributed by atoms with Gasteiger partial charge in [-0.25, -0.2) is 4.79 Å². The maximum Gasteiger partial charge on any atom is 0.330 e. The first-order chi connectivity index (χ1) is 25.8. The van der Waals surface area contributed by atoms with E-state index in [0.29, 0.717) is 25.7 Å². The van der Waals surface area contributed by atoms with E-state index in [0.717, 1.165) is 44.9 Å². The Hall–Kier alpha value is -2.65. The number of hydrogen-bond donors (Lipinski definition) is 3. The van der Waals surface area contributed by atoms with Crippen LogP contribution in [0, 0.1) is 5.41 Å². The van der Waals surface area contributed by atoms with Crippen molar-refractivity contribution < 1.29 is 62.9 Å². The maximum atomic E-state index is 13.4. The maximum absolute atomic E-state index is 13.4. The fraction of sp³-hybridized carbons (Fsp3) is 0.780. The van der Waals surface area contributed by atoms with Crippen molar-refractivity contribution in [3.05, 3.63) is 36.5 Å². The first-order valence-electron chi connectivity index (χ1n) is 19.9. The van der Waals surface area contributed by atoms with E-state index >= 15 is 0 Å². The van der Waals surface area contributed by atoms with Crippen molar-refractivity contribution >= 4 is 17.9 Å². The highest BCUT2D eigenvalue weighted by atomic mass is 16.7. The number of aliphatic hydroxyl groups excluding tert-OH is 2. The van der Waals surface area contributed by atoms with E-state index in [-0.39, 0.29) is 62.1 Å². The van der Waals surface area contributed by atoms with Gasteiger partial charge in [-0.2, -0.15) is 0 Å². The van der Waals surface area contributed by atoms with Crippen LogP contribution in [0.1, 0.15) is 124 Å². The summed E-state index contributed by atoms with van der Waals surface area (Å²) >= 11 is 0. The van der Waals surface area contributed by atoms with E-state index in [1.807, 2.05) is 0 Å². The molecule has 54 heavy (non-hydrogen) atoms. The number of esters is 3. The minimum absolute atomic E-state index is 0.0116. The van der Waals surface area contributed by atoms with Gasteiger partial charge in [0.25, 0.3) is 0 Å². The summed E-state index contributed by atoms with van der Waals surface area (Å²) in [6.07, 6.45) is 9.26. The number of ether oxygens (including phenoxy) is 7. The molecule has 10 atom stereocenters. The molecule has 2 unspecified atom stereocenters. The number of methoxy groups -OCH3 is 1. The van der Waals surface area contributed by atoms with Crippen LogP contribution in [-0.4, -0.2) is 108 Å². The Labute approximate surface area is 320 Å². The molecule has 0 spiro atoms. The second-order valence-electron chi connectivity index (χ2n) is 15.8. The Balaban J connectivity index is 1.72. The molecule has 13 nitrogen and oxygen atoms in total. The van der Waals surface area contributed by atoms with Crippen LogP contribution in [0.5, 0.6) is 0 Å². The lowest BCUT2D eigenvalue weighted by Crippen LogP contribution is -2.62. The van der Waals surface area contributed by atoms with Gasteiger partial charge < -0.3 is 48.5 Å². The van der Waals surface area contributed by atoms with Gasteiger partial charge in [-0.3, -0.25) is 9.59 Å². The normalized spacial score (nSPS) is 36.3. The van der Waals surface area contributed by atoms with Gasteiger partial charge in [0.05, 0.1) is 56.8 Å². The van der Waals surface area contributed by atoms with Crippen molar-refractivity contribution in [1.82, 2.24) is 0 Å². The molecule has 4 aliphatic heterocycles. The molecule has 3 N–H and O–H groups in total. The lowest BCUT2D eigenvalue weighted by atomic mass is 9.74. The van der Waals surface area contributed by atoms with E-state index < -0.39 is 66.4 Å². The zero-order chi connectivity index (χ0) is 39.3. The van der Waals surface area contributed by atoms with Crippen LogP contribution in [-0.2, 0) is 47.5 Å². The third kappa shape index (κ3) is 12.7. The van der Waals surface area contributed by atoms with Gasteiger partial charge >= 0.3 is 17.9 Å². The molecule has 0 aromatic carbocycles. The zero-order valence-electron chi connectivity index (χ0n) is 32.7. The molecule has 4 rings (SSSR count). The summed E-state index contributed by atoms with van der Waals surface area (Å²) < 4.78 is 42.2. The van der Waals surface area contributed by atoms with Crippen molar-refractivity contribution in [2.24, 2.45) is 5.41 Å². The Bertz CT molecular complexity index is 1300. The summed E-state index contributed by atoms with van der Waals surface area (Å²) in [6, 6.07) is 0. The van der Waals surface area contributed by atoms with Gasteiger partial charge in [0.15, 0.2) is 12.4 Å². The predicted molar refractivity (Wildman–Crippen MR) is 198 cm³/mol. The highest BCUT2D eigenvalue weighted by Gasteiger charge is 2.57. The number of hydrogen-bond acceptors (Lipinski definition) is 13. The van der Waals surface area contributed by atoms with Crippen molar-refractivity contribution in [1.29, 1.82) is 0 Å². The van der Waals surface area contributed by atoms with Gasteiger partial charge in [0.1, 0.15) is 6.10 Å². The Kier molecular flexibility index (Phi) is 17.2. The van der Waals surface area contributed by atoms with E-state index in [1.54, 1.807) is 32.1 Å². The van der Waals surface area contributed by atoms with Gasteiger partial charge in [-0.15, -0.1) is 6.58 Å². The average Bonchev–Trinajstić information content (AvgIpc) is 3.11. The smallest absolute Gasteiger partial charge is 0.330 e. The van der Waals surface area contributed by atoms with Gasteiger partial charge in [0.2, 0.25) is 5.79 Å². The number of carbonyl (C=O) groups excluding carboxylic acids is 3. The summed E-state index contributed by atoms with van der Waals surface area (Å²) in [4.78, 5) is 39.1. The molecule has 13 heteroatoms. The molecule has 0 saturated carbocycles. The van der Waals surface area contributed by atoms with Crippen LogP contribution in [0.15, 0.2) is 36.5 Å². The van der Waals surface area contributed by atoms with Crippen molar-refractivity contribution in [3.63, 3.8) is 0 Å². The summed E-state index contributed by atoms with van der Waals surface area (Å²) in [7, 11) is 1.22. The van der Waals surface area contributed by atoms with E-state index in [2.05, 4.69) is 13.5 Å². The first-order valence-corrected chi connectivity index (χ1v) is 19.9. The Morgan fingerprint density at radius 3 is 2.39 bits per heavy atom. The van der Waals surface area contributed by atoms with E-state index in [9.17, 15) is 29.7 Å². The van der Waals surface area contributed by atoms with Gasteiger partial charge in [-0.1, -0.05) is 58.6 Å². The Morgan fingerprint density at radius 1 is 0.963 bits per heavy atom. The molecular formula is C41H64O13. The van der Waals surface area contributed by atoms with Gasteiger partial charge in [-0.05, 0) is 50.2 Å². The highest BCUT2D eigenvalue weighted by Crippen LogP contribution is 2.47. The van der Waals surface area contributed by atoms with Crippen LogP contribution in [0.3, 0.4) is 0 Å². The van der Waals surface area contributed by atoms with Crippen molar-refractivity contribution in [2.45, 2.75) is 184 Å². The molecule has 4 heterocycles. The summed E-state index contributed by atoms with van der Waals surface area (Å²) in [5.41, 5.74) is -1.08. The first kappa shape index (κ1) is 44.1. The topological polar surface area (TPSA) is 177 Å². The molecule has 0 radical (unpaired) electrons. The average molecular weight is 765 g/mol. The lowest BCUT2D eigenvalue weighted by Gasteiger charge is -2.51. The molecule has 0 amide bonds. The molecule has 306 valence electrons. The fourth-order valence-corrected chi connectivity index (χ4v) is 7.89. The number of carbonyl (C=O) groups is 3. The molecule has 0 aromatic rings. The number of rotatable bonds is 11. The largest absolute Gasteiger partial charge is 0.466 e. The highest BCUT2D eigenvalue weighted by molar-refractivity contribution is 5.83. The molecule has 3 fully saturated rings. The quantitative estimate of drug-likeness (QED) is 0.0816. The van der Waals surface area contributed by atoms with Crippen molar-refractivity contribution in [3.8, 4) is 0 Å². The summed E-state index contributed by atoms with van der Waals surface area (Å²) in [5.74, 6) is -4.26. The zero-order valence-corrected chi connectivity index (χ0v) is 32.7. The third-order valence-electron chi connectivity index (χ3n) is 10.9. The van der Waals surface area contributed by atoms with Crippen LogP contribution >= 0.6 is 0 Å². The number of unbranched alkanes of at least 4 members (excludes halogenated alkanes) is 4. The molecule has 4 aliphatic rings. The van der Waals surface area contributed by atoms with E-state index in [4.69, 9.17) is 33.2 Å². The third-order valence-corrected chi connectivity index (χ3v) is 10.9. The second kappa shape index (κ2) is 21.0. The van der Waals surface area contributed by atoms with Gasteiger partial charge in [0, 0.05) is 43.6 Å². The van der Waals surface area contributed by atoms with Crippen LogP contribution in [0.25, 0.3) is 0 Å². The van der Waals surface area contributed by atoms with Crippen LogP contribution in [0.4, 0.5) is 0 Å². The summed E-state index contributed by atoms with van der Waals surface area (Å²) in [6.45, 7) is 8.86. The minimum atomic E-state index is -2.27. The molecule has 0 aromatic heterocycles. The van der Waals surface area contributed by atoms with Crippen LogP contribution in [0.2, 0.25) is 0 Å². The Morgan fingerprint density at radius 2 is 1.69 bits per heavy atom. The SMILES string of the molecule is C=CC[C@H]1CC2C[C@H]3CCC[C@@H](C[C@@H](O)CC(=O)OC(CO)C[C@@H]4C/C(=C\C(=O)OC)[C@H](OC(=O)CCCCCCC)[C@@](O)(O4)C(C)(C)/C=C/[C@H](O2)O1)O3. The van der Waals surface area contributed by atoms with Crippen molar-refractivity contribution in [2.75, 3.05) is 13.7 Å². The number of aliphatic hydroxyl groups is 3. The minimum Gasteiger partial charge on any atom is -0.466 e. The summed E-state index contributed by atoms with van der Waals surface area (Å²) in [5, 5.41) is 33.9.